The van der Waals surface area contributed by atoms with E-state index in [9.17, 15) is 4.79 Å². The van der Waals surface area contributed by atoms with Crippen LogP contribution in [-0.4, -0.2) is 25.7 Å². The fraction of sp³-hybridized carbons (Fsp3) is 0.250. The van der Waals surface area contributed by atoms with Gasteiger partial charge in [0.05, 0.1) is 11.3 Å². The van der Waals surface area contributed by atoms with Crippen molar-refractivity contribution < 1.29 is 13.6 Å². The van der Waals surface area contributed by atoms with Crippen molar-refractivity contribution in [3.63, 3.8) is 0 Å². The summed E-state index contributed by atoms with van der Waals surface area (Å²) in [6.07, 6.45) is 0. The van der Waals surface area contributed by atoms with Crippen molar-refractivity contribution in [1.82, 2.24) is 19.8 Å². The van der Waals surface area contributed by atoms with E-state index in [1.54, 1.807) is 19.9 Å². The summed E-state index contributed by atoms with van der Waals surface area (Å²) in [5, 5.41) is 14.0. The number of aryl methyl sites for hydroxylation is 3. The van der Waals surface area contributed by atoms with Crippen LogP contribution in [0.25, 0.3) is 11.5 Å². The van der Waals surface area contributed by atoms with Crippen LogP contribution in [-0.2, 0) is 0 Å². The molecule has 0 saturated heterocycles. The van der Waals surface area contributed by atoms with E-state index in [0.29, 0.717) is 27.8 Å². The molecule has 8 nitrogen and oxygen atoms in total. The zero-order chi connectivity index (χ0) is 15.0. The molecular formula is C12H11N5O3S. The zero-order valence-electron chi connectivity index (χ0n) is 11.5. The van der Waals surface area contributed by atoms with Crippen LogP contribution in [0.1, 0.15) is 26.9 Å². The monoisotopic (exact) mass is 305 g/mol. The molecular weight excluding hydrogens is 294 g/mol. The van der Waals surface area contributed by atoms with Gasteiger partial charge in [0.2, 0.25) is 0 Å². The average Bonchev–Trinajstić information content (AvgIpc) is 3.10. The third-order valence-electron chi connectivity index (χ3n) is 2.77. The molecule has 0 saturated carbocycles. The Bertz CT molecular complexity index is 804. The fourth-order valence-corrected chi connectivity index (χ4v) is 2.37. The smallest absolute Gasteiger partial charge is 0.322 e. The number of nitrogens with one attached hydrogen (secondary N) is 1. The highest BCUT2D eigenvalue weighted by Crippen LogP contribution is 2.26. The van der Waals surface area contributed by atoms with Crippen LogP contribution in [0.2, 0.25) is 0 Å². The maximum absolute atomic E-state index is 12.0. The molecule has 0 unspecified atom stereocenters. The first-order valence-electron chi connectivity index (χ1n) is 6.06. The van der Waals surface area contributed by atoms with Gasteiger partial charge in [-0.2, -0.15) is 0 Å². The van der Waals surface area contributed by atoms with Gasteiger partial charge in [-0.25, -0.2) is 0 Å². The molecule has 108 valence electrons. The van der Waals surface area contributed by atoms with Gasteiger partial charge in [-0.15, -0.1) is 10.2 Å². The van der Waals surface area contributed by atoms with Crippen molar-refractivity contribution in [1.29, 1.82) is 0 Å². The maximum Gasteiger partial charge on any atom is 0.322 e. The number of amides is 1. The fourth-order valence-electron chi connectivity index (χ4n) is 1.82. The molecule has 1 N–H and O–H groups in total. The molecule has 0 aromatic carbocycles. The third-order valence-corrected chi connectivity index (χ3v) is 3.60. The Morgan fingerprint density at radius 1 is 1.19 bits per heavy atom. The van der Waals surface area contributed by atoms with Gasteiger partial charge in [0, 0.05) is 0 Å². The van der Waals surface area contributed by atoms with E-state index in [4.69, 9.17) is 8.83 Å². The van der Waals surface area contributed by atoms with Crippen molar-refractivity contribution in [2.75, 3.05) is 5.32 Å². The molecule has 21 heavy (non-hydrogen) atoms. The second kappa shape index (κ2) is 5.09. The lowest BCUT2D eigenvalue weighted by Crippen LogP contribution is -2.11. The van der Waals surface area contributed by atoms with Crippen molar-refractivity contribution in [2.45, 2.75) is 20.8 Å². The molecule has 0 radical (unpaired) electrons. The summed E-state index contributed by atoms with van der Waals surface area (Å²) in [6.45, 7) is 5.33. The summed E-state index contributed by atoms with van der Waals surface area (Å²) in [6, 6.07) is 1.81. The van der Waals surface area contributed by atoms with Gasteiger partial charge >= 0.3 is 6.01 Å². The van der Waals surface area contributed by atoms with Gasteiger partial charge in [-0.05, 0) is 38.4 Å². The lowest BCUT2D eigenvalue weighted by molar-refractivity contribution is 0.102. The first kappa shape index (κ1) is 13.4. The zero-order valence-corrected chi connectivity index (χ0v) is 12.3. The van der Waals surface area contributed by atoms with E-state index in [0.717, 1.165) is 17.3 Å². The Balaban J connectivity index is 1.81. The number of anilines is 1. The minimum atomic E-state index is -0.377. The van der Waals surface area contributed by atoms with Crippen LogP contribution in [0, 0.1) is 20.8 Å². The van der Waals surface area contributed by atoms with Crippen molar-refractivity contribution in [3.8, 4) is 11.5 Å². The number of hydrogen-bond donors (Lipinski definition) is 1. The molecule has 3 rings (SSSR count). The largest absolute Gasteiger partial charge is 0.466 e. The van der Waals surface area contributed by atoms with Crippen LogP contribution in [0.3, 0.4) is 0 Å². The summed E-state index contributed by atoms with van der Waals surface area (Å²) in [7, 11) is 0. The van der Waals surface area contributed by atoms with E-state index < -0.39 is 0 Å². The molecule has 0 aliphatic rings. The number of furan rings is 1. The molecule has 0 atom stereocenters. The summed E-state index contributed by atoms with van der Waals surface area (Å²) < 4.78 is 14.5. The van der Waals surface area contributed by atoms with Crippen molar-refractivity contribution in [2.24, 2.45) is 0 Å². The maximum atomic E-state index is 12.0. The summed E-state index contributed by atoms with van der Waals surface area (Å²) in [5.41, 5.74) is 1.26. The van der Waals surface area contributed by atoms with Gasteiger partial charge in [0.15, 0.2) is 0 Å². The minimum absolute atomic E-state index is 0.0149. The highest BCUT2D eigenvalue weighted by molar-refractivity contribution is 7.08. The summed E-state index contributed by atoms with van der Waals surface area (Å²) in [5.74, 6) is 1.34. The van der Waals surface area contributed by atoms with Crippen LogP contribution in [0.15, 0.2) is 14.9 Å². The molecule has 0 bridgehead atoms. The molecule has 3 aromatic rings. The standard InChI is InChI=1S/C12H11N5O3S/c1-5-4-8(7(3)19-5)11-15-16-12(20-11)13-10(18)9-6(2)14-17-21-9/h4H,1-3H3,(H,13,16,18). The van der Waals surface area contributed by atoms with Crippen LogP contribution in [0.5, 0.6) is 0 Å². The Morgan fingerprint density at radius 2 is 2.00 bits per heavy atom. The van der Waals surface area contributed by atoms with Crippen LogP contribution >= 0.6 is 11.5 Å². The Morgan fingerprint density at radius 3 is 2.62 bits per heavy atom. The number of aromatic nitrogens is 4. The number of nitrogens with zero attached hydrogens (tertiary/aromatic N) is 4. The van der Waals surface area contributed by atoms with E-state index in [-0.39, 0.29) is 11.9 Å². The van der Waals surface area contributed by atoms with Gasteiger partial charge in [-0.3, -0.25) is 10.1 Å². The van der Waals surface area contributed by atoms with E-state index in [1.807, 2.05) is 6.92 Å². The molecule has 0 aliphatic heterocycles. The molecule has 0 aliphatic carbocycles. The normalized spacial score (nSPS) is 10.8. The SMILES string of the molecule is Cc1cc(-c2nnc(NC(=O)c3snnc3C)o2)c(C)o1. The highest BCUT2D eigenvalue weighted by Gasteiger charge is 2.18. The molecule has 3 heterocycles. The van der Waals surface area contributed by atoms with Gasteiger partial charge in [0.25, 0.3) is 11.8 Å². The Kier molecular flexibility index (Phi) is 3.26. The second-order valence-corrected chi connectivity index (χ2v) is 5.13. The van der Waals surface area contributed by atoms with Crippen molar-refractivity contribution in [3.05, 3.63) is 28.2 Å². The predicted molar refractivity (Wildman–Crippen MR) is 74.1 cm³/mol. The second-order valence-electron chi connectivity index (χ2n) is 4.38. The number of hydrogen-bond acceptors (Lipinski definition) is 8. The number of carbonyl (C=O) groups excluding carboxylic acids is 1. The van der Waals surface area contributed by atoms with Crippen molar-refractivity contribution >= 4 is 23.5 Å². The molecule has 9 heteroatoms. The Hall–Kier alpha value is -2.55. The van der Waals surface area contributed by atoms with Crippen LogP contribution in [0.4, 0.5) is 6.01 Å². The lowest BCUT2D eigenvalue weighted by atomic mass is 10.2. The number of rotatable bonds is 3. The lowest BCUT2D eigenvalue weighted by Gasteiger charge is -1.96. The molecule has 0 fully saturated rings. The van der Waals surface area contributed by atoms with Crippen LogP contribution < -0.4 is 5.32 Å². The van der Waals surface area contributed by atoms with E-state index in [2.05, 4.69) is 25.1 Å². The first-order valence-corrected chi connectivity index (χ1v) is 6.83. The minimum Gasteiger partial charge on any atom is -0.466 e. The van der Waals surface area contributed by atoms with Gasteiger partial charge < -0.3 is 8.83 Å². The summed E-state index contributed by atoms with van der Waals surface area (Å²) in [4.78, 5) is 12.4. The highest BCUT2D eigenvalue weighted by atomic mass is 32.1. The third kappa shape index (κ3) is 2.55. The number of carbonyl (C=O) groups is 1. The van der Waals surface area contributed by atoms with Gasteiger partial charge in [0.1, 0.15) is 16.4 Å². The average molecular weight is 305 g/mol. The van der Waals surface area contributed by atoms with E-state index >= 15 is 0 Å². The predicted octanol–water partition coefficient (Wildman–Crippen LogP) is 2.36. The van der Waals surface area contributed by atoms with E-state index in [1.165, 1.54) is 0 Å². The molecule has 3 aromatic heterocycles. The summed E-state index contributed by atoms with van der Waals surface area (Å²) >= 11 is 1.01. The van der Waals surface area contributed by atoms with Gasteiger partial charge in [-0.1, -0.05) is 9.59 Å². The quantitative estimate of drug-likeness (QED) is 0.791. The molecule has 0 spiro atoms. The topological polar surface area (TPSA) is 107 Å². The molecule has 1 amide bonds. The first-order chi connectivity index (χ1) is 10.0. The Labute approximate surface area is 123 Å².